The third kappa shape index (κ3) is 4.81. The van der Waals surface area contributed by atoms with E-state index in [-0.39, 0.29) is 47.5 Å². The Labute approximate surface area is 271 Å². The molecule has 0 atom stereocenters. The number of likely N-dealkylation sites (N-methyl/N-ethyl adjacent to an activating group) is 1. The van der Waals surface area contributed by atoms with Crippen LogP contribution in [0.3, 0.4) is 0 Å². The van der Waals surface area contributed by atoms with Crippen LogP contribution in [0.2, 0.25) is 0 Å². The van der Waals surface area contributed by atoms with Gasteiger partial charge >= 0.3 is 14.2 Å². The molecule has 0 spiro atoms. The van der Waals surface area contributed by atoms with Crippen LogP contribution >= 0.6 is 0 Å². The molecule has 2 saturated heterocycles. The number of hydrogen-bond acceptors (Lipinski definition) is 5. The molecule has 2 aromatic carbocycles. The first-order chi connectivity index (χ1) is 20.6. The van der Waals surface area contributed by atoms with Gasteiger partial charge in [0.1, 0.15) is 7.05 Å². The maximum atomic E-state index is 6.38. The molecule has 4 heterocycles. The van der Waals surface area contributed by atoms with Crippen LogP contribution in [0.5, 0.6) is 0 Å². The standard InChI is InChI=1S/C37H51B2N2O4/c1-32(2)26-22-24(38-42-34(5,6)35(7,8)43-38)18-20-28(26)40(13)30(32)16-15-17-31-33(3,4)27-23-25(19-21-29(27)41(31)14)39-44-36(9,10)37(11,12)45-39/h15-23H,1-14H3/q+1. The summed E-state index contributed by atoms with van der Waals surface area (Å²) in [5.74, 6) is 0. The van der Waals surface area contributed by atoms with Gasteiger partial charge in [0.25, 0.3) is 0 Å². The van der Waals surface area contributed by atoms with Gasteiger partial charge < -0.3 is 23.5 Å². The van der Waals surface area contributed by atoms with E-state index in [4.69, 9.17) is 18.6 Å². The van der Waals surface area contributed by atoms with Gasteiger partial charge in [0.15, 0.2) is 5.71 Å². The summed E-state index contributed by atoms with van der Waals surface area (Å²) < 4.78 is 27.8. The van der Waals surface area contributed by atoms with Crippen molar-refractivity contribution in [1.29, 1.82) is 0 Å². The average molecular weight is 609 g/mol. The predicted molar refractivity (Wildman–Crippen MR) is 187 cm³/mol. The van der Waals surface area contributed by atoms with E-state index in [1.165, 1.54) is 33.9 Å². The van der Waals surface area contributed by atoms with E-state index in [0.29, 0.717) is 0 Å². The van der Waals surface area contributed by atoms with Gasteiger partial charge in [-0.05, 0) is 97.9 Å². The monoisotopic (exact) mass is 609 g/mol. The van der Waals surface area contributed by atoms with E-state index < -0.39 is 0 Å². The molecule has 2 fully saturated rings. The molecule has 2 aromatic rings. The summed E-state index contributed by atoms with van der Waals surface area (Å²) >= 11 is 0. The second kappa shape index (κ2) is 9.93. The number of fused-ring (bicyclic) bond motifs is 2. The van der Waals surface area contributed by atoms with Crippen molar-refractivity contribution in [3.05, 3.63) is 71.5 Å². The second-order valence-corrected chi connectivity index (χ2v) is 16.4. The fraction of sp³-hybridized carbons (Fsp3) is 0.541. The summed E-state index contributed by atoms with van der Waals surface area (Å²) in [4.78, 5) is 2.31. The van der Waals surface area contributed by atoms with Crippen LogP contribution in [0, 0.1) is 0 Å². The summed E-state index contributed by atoms with van der Waals surface area (Å²) in [6, 6.07) is 13.3. The Morgan fingerprint density at radius 1 is 0.644 bits per heavy atom. The summed E-state index contributed by atoms with van der Waals surface area (Å²) in [5, 5.41) is 0. The fourth-order valence-corrected chi connectivity index (χ4v) is 7.19. The lowest BCUT2D eigenvalue weighted by molar-refractivity contribution is -0.401. The van der Waals surface area contributed by atoms with Gasteiger partial charge in [-0.1, -0.05) is 44.2 Å². The Kier molecular flexibility index (Phi) is 7.13. The molecule has 0 bridgehead atoms. The molecule has 238 valence electrons. The molecule has 0 unspecified atom stereocenters. The minimum absolute atomic E-state index is 0.184. The number of rotatable bonds is 4. The van der Waals surface area contributed by atoms with Crippen molar-refractivity contribution in [3.63, 3.8) is 0 Å². The van der Waals surface area contributed by atoms with Crippen LogP contribution in [0.1, 0.15) is 94.2 Å². The Bertz CT molecular complexity index is 1630. The molecular formula is C37H51B2N2O4+. The average Bonchev–Trinajstić information content (AvgIpc) is 3.45. The van der Waals surface area contributed by atoms with Crippen molar-refractivity contribution in [2.24, 2.45) is 0 Å². The predicted octanol–water partition coefficient (Wildman–Crippen LogP) is 6.16. The van der Waals surface area contributed by atoms with Crippen LogP contribution in [0.25, 0.3) is 0 Å². The minimum atomic E-state index is -0.377. The molecule has 4 aliphatic rings. The first kappa shape index (κ1) is 32.3. The number of anilines is 1. The van der Waals surface area contributed by atoms with Crippen molar-refractivity contribution < 1.29 is 23.2 Å². The highest BCUT2D eigenvalue weighted by molar-refractivity contribution is 6.62. The van der Waals surface area contributed by atoms with E-state index in [1.54, 1.807) is 0 Å². The van der Waals surface area contributed by atoms with Crippen LogP contribution in [0.15, 0.2) is 60.3 Å². The summed E-state index contributed by atoms with van der Waals surface area (Å²) in [6.45, 7) is 26.0. The smallest absolute Gasteiger partial charge is 0.399 e. The first-order valence-electron chi connectivity index (χ1n) is 16.3. The van der Waals surface area contributed by atoms with Crippen LogP contribution in [-0.2, 0) is 29.4 Å². The SMILES string of the molecule is CN1/C(=C\C=C\C2=[N+](C)c3ccc(B4OC(C)(C)C(C)(C)O4)cc3C2(C)C)C(C)(C)c2cc(B3OC(C)(C)C(C)(C)O3)ccc21. The zero-order valence-corrected chi connectivity index (χ0v) is 29.9. The van der Waals surface area contributed by atoms with E-state index >= 15 is 0 Å². The van der Waals surface area contributed by atoms with Crippen LogP contribution < -0.4 is 15.8 Å². The number of benzene rings is 2. The van der Waals surface area contributed by atoms with Gasteiger partial charge in [-0.2, -0.15) is 4.58 Å². The highest BCUT2D eigenvalue weighted by Crippen LogP contribution is 2.47. The quantitative estimate of drug-likeness (QED) is 0.307. The zero-order chi connectivity index (χ0) is 33.1. The minimum Gasteiger partial charge on any atom is -0.399 e. The number of allylic oxidation sites excluding steroid dienone is 4. The molecule has 6 nitrogen and oxygen atoms in total. The largest absolute Gasteiger partial charge is 0.494 e. The second-order valence-electron chi connectivity index (χ2n) is 16.4. The molecule has 0 aliphatic carbocycles. The lowest BCUT2D eigenvalue weighted by Gasteiger charge is -2.32. The third-order valence-corrected chi connectivity index (χ3v) is 11.7. The maximum absolute atomic E-state index is 6.38. The molecule has 0 saturated carbocycles. The first-order valence-corrected chi connectivity index (χ1v) is 16.3. The van der Waals surface area contributed by atoms with Crippen molar-refractivity contribution in [2.75, 3.05) is 19.0 Å². The Balaban J connectivity index is 1.25. The molecule has 0 radical (unpaired) electrons. The fourth-order valence-electron chi connectivity index (χ4n) is 7.19. The third-order valence-electron chi connectivity index (χ3n) is 11.7. The molecule has 0 aromatic heterocycles. The van der Waals surface area contributed by atoms with E-state index in [9.17, 15) is 0 Å². The van der Waals surface area contributed by atoms with E-state index in [0.717, 1.165) is 10.9 Å². The van der Waals surface area contributed by atoms with Gasteiger partial charge in [-0.25, -0.2) is 0 Å². The molecule has 6 rings (SSSR count). The van der Waals surface area contributed by atoms with Gasteiger partial charge in [0.2, 0.25) is 5.69 Å². The molecular weight excluding hydrogens is 558 g/mol. The Morgan fingerprint density at radius 3 is 1.62 bits per heavy atom. The van der Waals surface area contributed by atoms with Gasteiger partial charge in [-0.15, -0.1) is 0 Å². The summed E-state index contributed by atoms with van der Waals surface area (Å²) in [6.07, 6.45) is 6.75. The highest BCUT2D eigenvalue weighted by atomic mass is 16.7. The van der Waals surface area contributed by atoms with E-state index in [2.05, 4.69) is 161 Å². The van der Waals surface area contributed by atoms with Crippen molar-refractivity contribution in [2.45, 2.75) is 116 Å². The number of hydrogen-bond donors (Lipinski definition) is 0. The van der Waals surface area contributed by atoms with Gasteiger partial charge in [-0.3, -0.25) is 0 Å². The van der Waals surface area contributed by atoms with Gasteiger partial charge in [0.05, 0.1) is 27.8 Å². The van der Waals surface area contributed by atoms with Crippen molar-refractivity contribution in [3.8, 4) is 0 Å². The topological polar surface area (TPSA) is 43.2 Å². The molecule has 0 amide bonds. The van der Waals surface area contributed by atoms with Crippen molar-refractivity contribution >= 4 is 42.2 Å². The van der Waals surface area contributed by atoms with Gasteiger partial charge in [0, 0.05) is 41.6 Å². The van der Waals surface area contributed by atoms with Crippen LogP contribution in [-0.4, -0.2) is 61.0 Å². The molecule has 8 heteroatoms. The highest BCUT2D eigenvalue weighted by Gasteiger charge is 2.54. The summed E-state index contributed by atoms with van der Waals surface area (Å²) in [5.41, 5.74) is 7.77. The van der Waals surface area contributed by atoms with Crippen LogP contribution in [0.4, 0.5) is 11.4 Å². The molecule has 45 heavy (non-hydrogen) atoms. The lowest BCUT2D eigenvalue weighted by Crippen LogP contribution is -2.41. The normalized spacial score (nSPS) is 26.0. The Hall–Kier alpha value is -2.64. The molecule has 4 aliphatic heterocycles. The number of nitrogens with zero attached hydrogens (tertiary/aromatic N) is 2. The lowest BCUT2D eigenvalue weighted by atomic mass is 9.74. The Morgan fingerprint density at radius 2 is 1.11 bits per heavy atom. The summed E-state index contributed by atoms with van der Waals surface area (Å²) in [7, 11) is 3.57. The van der Waals surface area contributed by atoms with Crippen molar-refractivity contribution in [1.82, 2.24) is 0 Å². The molecule has 0 N–H and O–H groups in total. The zero-order valence-electron chi connectivity index (χ0n) is 29.9. The van der Waals surface area contributed by atoms with E-state index in [1.807, 2.05) is 0 Å². The maximum Gasteiger partial charge on any atom is 0.494 e.